The van der Waals surface area contributed by atoms with Crippen LogP contribution >= 0.6 is 0 Å². The minimum Gasteiger partial charge on any atom is -0.723 e. The van der Waals surface area contributed by atoms with E-state index in [-0.39, 0.29) is 98.5 Å². The summed E-state index contributed by atoms with van der Waals surface area (Å²) in [5.74, 6) is -2.53. The van der Waals surface area contributed by atoms with Crippen LogP contribution in [0.5, 0.6) is 0 Å². The molecular formula is C10H18N2Na2O8. The van der Waals surface area contributed by atoms with E-state index >= 15 is 0 Å². The first-order valence-electron chi connectivity index (χ1n) is 5.87. The predicted octanol–water partition coefficient (Wildman–Crippen LogP) is -9.79. The largest absolute Gasteiger partial charge is 1.00 e. The molecule has 22 heavy (non-hydrogen) atoms. The van der Waals surface area contributed by atoms with Crippen LogP contribution in [0.25, 0.3) is 0 Å². The number of carbonyl (C=O) groups excluding carboxylic acids is 1. The number of hydrogen-bond acceptors (Lipinski definition) is 9. The standard InChI is InChI=1S/C10H20N2O8.2Na/c13-9(14)7-12(8-10(15)16)2-1-11(3-5-19-17)4-6-20-18;;/h17-18H,1-8H2,(H,13,14)(H,15,16);;/q;2*+1/p-2. The summed E-state index contributed by atoms with van der Waals surface area (Å²) in [6.07, 6.45) is 0. The van der Waals surface area contributed by atoms with Gasteiger partial charge >= 0.3 is 65.1 Å². The Bertz CT molecular complexity index is 274. The molecule has 0 bridgehead atoms. The van der Waals surface area contributed by atoms with Gasteiger partial charge in [-0.25, -0.2) is 4.89 Å². The molecule has 0 aromatic heterocycles. The average Bonchev–Trinajstić information content (AvgIpc) is 2.36. The van der Waals surface area contributed by atoms with Gasteiger partial charge in [0.2, 0.25) is 0 Å². The second kappa shape index (κ2) is 18.0. The van der Waals surface area contributed by atoms with Crippen LogP contribution in [0.3, 0.4) is 0 Å². The summed E-state index contributed by atoms with van der Waals surface area (Å²) >= 11 is 0. The zero-order chi connectivity index (χ0) is 15.4. The summed E-state index contributed by atoms with van der Waals surface area (Å²) in [6.45, 7) is -0.0722. The smallest absolute Gasteiger partial charge is 0.723 e. The zero-order valence-electron chi connectivity index (χ0n) is 12.9. The van der Waals surface area contributed by atoms with Crippen molar-refractivity contribution in [1.29, 1.82) is 0 Å². The molecule has 0 spiro atoms. The van der Waals surface area contributed by atoms with Crippen LogP contribution in [0.4, 0.5) is 0 Å². The van der Waals surface area contributed by atoms with E-state index in [9.17, 15) is 20.0 Å². The fraction of sp³-hybridized carbons (Fsp3) is 0.800. The summed E-state index contributed by atoms with van der Waals surface area (Å²) in [4.78, 5) is 31.5. The SMILES string of the molecule is O=C([O-])CN(CCN(CCO[O-])CCOO)CC(=O)O.[Na+].[Na+]. The molecule has 12 heteroatoms. The van der Waals surface area contributed by atoms with Crippen LogP contribution < -0.4 is 69.5 Å². The Hall–Kier alpha value is 0.700. The first-order valence-corrected chi connectivity index (χ1v) is 5.87. The molecule has 0 heterocycles. The summed E-state index contributed by atoms with van der Waals surface area (Å²) in [5.41, 5.74) is 0. The van der Waals surface area contributed by atoms with Crippen LogP contribution in [0.1, 0.15) is 0 Å². The molecule has 0 atom stereocenters. The zero-order valence-corrected chi connectivity index (χ0v) is 16.9. The summed E-state index contributed by atoms with van der Waals surface area (Å²) in [7, 11) is 0. The van der Waals surface area contributed by atoms with E-state index in [1.54, 1.807) is 4.90 Å². The first kappa shape index (κ1) is 27.5. The third-order valence-corrected chi connectivity index (χ3v) is 2.43. The van der Waals surface area contributed by atoms with Gasteiger partial charge in [0.25, 0.3) is 0 Å². The van der Waals surface area contributed by atoms with Crippen molar-refractivity contribution in [2.45, 2.75) is 0 Å². The minimum absolute atomic E-state index is 0. The quantitative estimate of drug-likeness (QED) is 0.188. The molecule has 118 valence electrons. The number of carbonyl (C=O) groups is 2. The molecule has 0 saturated carbocycles. The second-order valence-electron chi connectivity index (χ2n) is 3.97. The number of carboxylic acid groups (broad SMARTS) is 2. The Balaban J connectivity index is -0.00000180. The van der Waals surface area contributed by atoms with E-state index in [0.29, 0.717) is 0 Å². The Morgan fingerprint density at radius 3 is 1.95 bits per heavy atom. The fourth-order valence-corrected chi connectivity index (χ4v) is 1.54. The van der Waals surface area contributed by atoms with Crippen molar-refractivity contribution in [2.75, 3.05) is 52.5 Å². The van der Waals surface area contributed by atoms with Crippen LogP contribution in [0.2, 0.25) is 0 Å². The van der Waals surface area contributed by atoms with E-state index in [4.69, 9.17) is 10.4 Å². The summed E-state index contributed by atoms with van der Waals surface area (Å²) in [6, 6.07) is 0. The predicted molar refractivity (Wildman–Crippen MR) is 60.1 cm³/mol. The third kappa shape index (κ3) is 17.1. The van der Waals surface area contributed by atoms with Crippen LogP contribution in [0.15, 0.2) is 0 Å². The normalized spacial score (nSPS) is 10.2. The molecule has 0 radical (unpaired) electrons. The van der Waals surface area contributed by atoms with Crippen molar-refractivity contribution in [1.82, 2.24) is 9.80 Å². The van der Waals surface area contributed by atoms with Crippen LogP contribution in [-0.2, 0) is 19.4 Å². The van der Waals surface area contributed by atoms with Gasteiger partial charge in [-0.2, -0.15) is 0 Å². The first-order chi connectivity index (χ1) is 9.49. The molecule has 0 aromatic rings. The number of aliphatic carboxylic acids is 2. The van der Waals surface area contributed by atoms with Gasteiger partial charge in [0, 0.05) is 39.3 Å². The molecule has 0 unspecified atom stereocenters. The number of nitrogens with zero attached hydrogens (tertiary/aromatic N) is 2. The molecule has 2 N–H and O–H groups in total. The van der Waals surface area contributed by atoms with Crippen LogP contribution in [-0.4, -0.2) is 84.6 Å². The third-order valence-electron chi connectivity index (χ3n) is 2.43. The molecular weight excluding hydrogens is 322 g/mol. The van der Waals surface area contributed by atoms with E-state index in [1.165, 1.54) is 4.90 Å². The molecule has 0 fully saturated rings. The van der Waals surface area contributed by atoms with Crippen molar-refractivity contribution >= 4 is 11.9 Å². The van der Waals surface area contributed by atoms with E-state index in [2.05, 4.69) is 9.78 Å². The number of hydrogen-bond donors (Lipinski definition) is 2. The Morgan fingerprint density at radius 2 is 1.50 bits per heavy atom. The maximum atomic E-state index is 10.6. The fourth-order valence-electron chi connectivity index (χ4n) is 1.54. The molecule has 0 aromatic carbocycles. The maximum absolute atomic E-state index is 10.6. The number of carboxylic acids is 2. The Labute approximate surface area is 172 Å². The number of rotatable bonds is 13. The van der Waals surface area contributed by atoms with Gasteiger partial charge in [0.05, 0.1) is 19.1 Å². The molecule has 0 amide bonds. The van der Waals surface area contributed by atoms with E-state index < -0.39 is 25.0 Å². The molecule has 10 nitrogen and oxygen atoms in total. The summed E-state index contributed by atoms with van der Waals surface area (Å²) < 4.78 is 0. The maximum Gasteiger partial charge on any atom is 1.00 e. The van der Waals surface area contributed by atoms with Gasteiger partial charge in [0.1, 0.15) is 0 Å². The molecule has 0 rings (SSSR count). The Kier molecular flexibility index (Phi) is 22.6. The van der Waals surface area contributed by atoms with Crippen molar-refractivity contribution in [3.63, 3.8) is 0 Å². The van der Waals surface area contributed by atoms with Gasteiger partial charge in [0.15, 0.2) is 0 Å². The van der Waals surface area contributed by atoms with E-state index in [1.807, 2.05) is 0 Å². The van der Waals surface area contributed by atoms with Gasteiger partial charge in [-0.3, -0.25) is 19.9 Å². The monoisotopic (exact) mass is 340 g/mol. The van der Waals surface area contributed by atoms with Crippen molar-refractivity contribution in [3.8, 4) is 0 Å². The average molecular weight is 340 g/mol. The van der Waals surface area contributed by atoms with Crippen LogP contribution in [0, 0.1) is 0 Å². The van der Waals surface area contributed by atoms with Gasteiger partial charge in [-0.05, 0) is 0 Å². The van der Waals surface area contributed by atoms with Crippen molar-refractivity contribution < 1.29 is 99.2 Å². The van der Waals surface area contributed by atoms with Crippen molar-refractivity contribution in [2.24, 2.45) is 0 Å². The van der Waals surface area contributed by atoms with Gasteiger partial charge in [-0.1, -0.05) is 0 Å². The molecule has 0 aliphatic rings. The van der Waals surface area contributed by atoms with Gasteiger partial charge < -0.3 is 25.2 Å². The second-order valence-corrected chi connectivity index (χ2v) is 3.97. The minimum atomic E-state index is -1.38. The summed E-state index contributed by atoms with van der Waals surface area (Å²) in [5, 5.41) is 37.4. The van der Waals surface area contributed by atoms with Gasteiger partial charge in [-0.15, -0.1) is 0 Å². The van der Waals surface area contributed by atoms with E-state index in [0.717, 1.165) is 0 Å². The Morgan fingerprint density at radius 1 is 0.955 bits per heavy atom. The molecule has 0 aliphatic carbocycles. The molecule has 0 aliphatic heterocycles. The van der Waals surface area contributed by atoms with Crippen molar-refractivity contribution in [3.05, 3.63) is 0 Å². The topological polar surface area (TPSA) is 146 Å². The molecule has 0 saturated heterocycles.